The van der Waals surface area contributed by atoms with E-state index in [-0.39, 0.29) is 0 Å². The summed E-state index contributed by atoms with van der Waals surface area (Å²) in [5.41, 5.74) is 8.98. The van der Waals surface area contributed by atoms with Gasteiger partial charge in [0, 0.05) is 17.1 Å². The van der Waals surface area contributed by atoms with Gasteiger partial charge in [-0.15, -0.1) is 0 Å². The quantitative estimate of drug-likeness (QED) is 0.631. The van der Waals surface area contributed by atoms with E-state index in [9.17, 15) is 0 Å². The first-order valence-corrected chi connectivity index (χ1v) is 8.71. The van der Waals surface area contributed by atoms with Crippen molar-refractivity contribution in [2.45, 2.75) is 20.4 Å². The SMILES string of the molecule is Cc1cc(OCCOc2ccc3ccccc3c2CN)cc(C)c1Cl. The highest BCUT2D eigenvalue weighted by Gasteiger charge is 2.08. The second kappa shape index (κ2) is 7.77. The molecule has 0 aliphatic heterocycles. The minimum absolute atomic E-state index is 0.438. The van der Waals surface area contributed by atoms with E-state index < -0.39 is 0 Å². The Labute approximate surface area is 153 Å². The van der Waals surface area contributed by atoms with E-state index in [0.29, 0.717) is 19.8 Å². The van der Waals surface area contributed by atoms with Crippen molar-refractivity contribution in [3.05, 3.63) is 70.2 Å². The van der Waals surface area contributed by atoms with Crippen molar-refractivity contribution in [3.8, 4) is 11.5 Å². The first-order chi connectivity index (χ1) is 12.1. The van der Waals surface area contributed by atoms with Crippen LogP contribution in [0.3, 0.4) is 0 Å². The van der Waals surface area contributed by atoms with Crippen molar-refractivity contribution in [3.63, 3.8) is 0 Å². The van der Waals surface area contributed by atoms with Gasteiger partial charge in [-0.05, 0) is 53.9 Å². The summed E-state index contributed by atoms with van der Waals surface area (Å²) < 4.78 is 11.7. The highest BCUT2D eigenvalue weighted by Crippen LogP contribution is 2.28. The molecule has 0 amide bonds. The second-order valence-corrected chi connectivity index (χ2v) is 6.41. The number of halogens is 1. The molecule has 0 heterocycles. The number of ether oxygens (including phenoxy) is 2. The smallest absolute Gasteiger partial charge is 0.124 e. The highest BCUT2D eigenvalue weighted by molar-refractivity contribution is 6.32. The number of hydrogen-bond donors (Lipinski definition) is 1. The maximum absolute atomic E-state index is 6.18. The third-order valence-electron chi connectivity index (χ3n) is 4.22. The van der Waals surface area contributed by atoms with E-state index in [4.69, 9.17) is 26.8 Å². The fraction of sp³-hybridized carbons (Fsp3) is 0.238. The first-order valence-electron chi connectivity index (χ1n) is 8.33. The number of fused-ring (bicyclic) bond motifs is 1. The molecule has 0 aromatic heterocycles. The molecule has 3 aromatic rings. The molecule has 3 rings (SSSR count). The molecule has 2 N–H and O–H groups in total. The number of hydrogen-bond acceptors (Lipinski definition) is 3. The zero-order chi connectivity index (χ0) is 17.8. The predicted molar refractivity (Wildman–Crippen MR) is 104 cm³/mol. The normalized spacial score (nSPS) is 10.9. The van der Waals surface area contributed by atoms with Crippen molar-refractivity contribution in [1.29, 1.82) is 0 Å². The lowest BCUT2D eigenvalue weighted by molar-refractivity contribution is 0.216. The largest absolute Gasteiger partial charge is 0.490 e. The Morgan fingerprint density at radius 3 is 2.32 bits per heavy atom. The zero-order valence-corrected chi connectivity index (χ0v) is 15.3. The van der Waals surface area contributed by atoms with E-state index in [1.54, 1.807) is 0 Å². The first kappa shape index (κ1) is 17.6. The summed E-state index contributed by atoms with van der Waals surface area (Å²) in [5, 5.41) is 3.08. The van der Waals surface area contributed by atoms with Crippen molar-refractivity contribution in [2.24, 2.45) is 5.73 Å². The second-order valence-electron chi connectivity index (χ2n) is 6.04. The molecule has 0 saturated carbocycles. The molecule has 3 aromatic carbocycles. The Morgan fingerprint density at radius 1 is 0.920 bits per heavy atom. The summed E-state index contributed by atoms with van der Waals surface area (Å²) in [6.07, 6.45) is 0. The average Bonchev–Trinajstić information content (AvgIpc) is 2.62. The summed E-state index contributed by atoms with van der Waals surface area (Å²) in [7, 11) is 0. The molecule has 3 nitrogen and oxygen atoms in total. The Morgan fingerprint density at radius 2 is 1.60 bits per heavy atom. The zero-order valence-electron chi connectivity index (χ0n) is 14.5. The summed E-state index contributed by atoms with van der Waals surface area (Å²) >= 11 is 6.18. The highest BCUT2D eigenvalue weighted by atomic mass is 35.5. The topological polar surface area (TPSA) is 44.5 Å². The average molecular weight is 356 g/mol. The van der Waals surface area contributed by atoms with Crippen LogP contribution in [0.5, 0.6) is 11.5 Å². The van der Waals surface area contributed by atoms with E-state index in [1.807, 2.05) is 44.2 Å². The van der Waals surface area contributed by atoms with Gasteiger partial charge >= 0.3 is 0 Å². The van der Waals surface area contributed by atoms with Gasteiger partial charge in [0.1, 0.15) is 24.7 Å². The monoisotopic (exact) mass is 355 g/mol. The van der Waals surface area contributed by atoms with E-state index in [1.165, 1.54) is 5.39 Å². The van der Waals surface area contributed by atoms with Crippen LogP contribution in [0, 0.1) is 13.8 Å². The molecule has 0 bridgehead atoms. The Hall–Kier alpha value is -2.23. The maximum atomic E-state index is 6.18. The minimum atomic E-state index is 0.438. The van der Waals surface area contributed by atoms with Crippen LogP contribution < -0.4 is 15.2 Å². The van der Waals surface area contributed by atoms with Crippen LogP contribution in [0.15, 0.2) is 48.5 Å². The Kier molecular flexibility index (Phi) is 5.47. The molecule has 25 heavy (non-hydrogen) atoms. The van der Waals surface area contributed by atoms with Crippen LogP contribution in [0.25, 0.3) is 10.8 Å². The molecule has 0 aliphatic rings. The molecule has 130 valence electrons. The van der Waals surface area contributed by atoms with E-state index >= 15 is 0 Å². The lowest BCUT2D eigenvalue weighted by atomic mass is 10.0. The molecule has 0 saturated heterocycles. The summed E-state index contributed by atoms with van der Waals surface area (Å²) in [6.45, 7) is 5.29. The molecule has 0 unspecified atom stereocenters. The third-order valence-corrected chi connectivity index (χ3v) is 4.82. The van der Waals surface area contributed by atoms with Crippen LogP contribution in [-0.2, 0) is 6.54 Å². The van der Waals surface area contributed by atoms with E-state index in [0.717, 1.165) is 38.6 Å². The summed E-state index contributed by atoms with van der Waals surface area (Å²) in [4.78, 5) is 0. The van der Waals surface area contributed by atoms with Gasteiger partial charge in [-0.2, -0.15) is 0 Å². The molecular weight excluding hydrogens is 334 g/mol. The standard InChI is InChI=1S/C21H22ClNO2/c1-14-11-17(12-15(2)21(14)22)24-9-10-25-20-8-7-16-5-3-4-6-18(16)19(20)13-23/h3-8,11-12H,9-10,13,23H2,1-2H3. The number of nitrogens with two attached hydrogens (primary N) is 1. The van der Waals surface area contributed by atoms with Gasteiger partial charge in [0.15, 0.2) is 0 Å². The van der Waals surface area contributed by atoms with Crippen LogP contribution in [0.1, 0.15) is 16.7 Å². The van der Waals surface area contributed by atoms with Gasteiger partial charge in [-0.25, -0.2) is 0 Å². The van der Waals surface area contributed by atoms with Crippen LogP contribution in [0.4, 0.5) is 0 Å². The maximum Gasteiger partial charge on any atom is 0.124 e. The van der Waals surface area contributed by atoms with E-state index in [2.05, 4.69) is 18.2 Å². The van der Waals surface area contributed by atoms with Gasteiger partial charge in [0.05, 0.1) is 0 Å². The summed E-state index contributed by atoms with van der Waals surface area (Å²) in [6, 6.07) is 16.1. The van der Waals surface area contributed by atoms with Gasteiger partial charge in [0.25, 0.3) is 0 Å². The van der Waals surface area contributed by atoms with Gasteiger partial charge in [-0.1, -0.05) is 41.9 Å². The molecule has 4 heteroatoms. The number of rotatable bonds is 6. The van der Waals surface area contributed by atoms with Crippen molar-refractivity contribution < 1.29 is 9.47 Å². The number of benzene rings is 3. The molecular formula is C21H22ClNO2. The van der Waals surface area contributed by atoms with Crippen LogP contribution in [0.2, 0.25) is 5.02 Å². The van der Waals surface area contributed by atoms with Crippen molar-refractivity contribution in [2.75, 3.05) is 13.2 Å². The summed E-state index contributed by atoms with van der Waals surface area (Å²) in [5.74, 6) is 1.62. The van der Waals surface area contributed by atoms with Gasteiger partial charge in [-0.3, -0.25) is 0 Å². The van der Waals surface area contributed by atoms with Crippen LogP contribution >= 0.6 is 11.6 Å². The molecule has 0 fully saturated rings. The molecule has 0 spiro atoms. The Balaban J connectivity index is 1.65. The molecule has 0 aliphatic carbocycles. The third kappa shape index (κ3) is 3.89. The lowest BCUT2D eigenvalue weighted by Gasteiger charge is -2.14. The van der Waals surface area contributed by atoms with Crippen molar-refractivity contribution in [1.82, 2.24) is 0 Å². The fourth-order valence-electron chi connectivity index (χ4n) is 2.96. The van der Waals surface area contributed by atoms with Crippen LogP contribution in [-0.4, -0.2) is 13.2 Å². The lowest BCUT2D eigenvalue weighted by Crippen LogP contribution is -2.11. The van der Waals surface area contributed by atoms with Gasteiger partial charge < -0.3 is 15.2 Å². The molecule has 0 atom stereocenters. The molecule has 0 radical (unpaired) electrons. The van der Waals surface area contributed by atoms with Gasteiger partial charge in [0.2, 0.25) is 0 Å². The predicted octanol–water partition coefficient (Wildman–Crippen LogP) is 5.03. The number of aryl methyl sites for hydroxylation is 2. The minimum Gasteiger partial charge on any atom is -0.490 e. The fourth-order valence-corrected chi connectivity index (χ4v) is 3.07. The Bertz CT molecular complexity index is 869. The van der Waals surface area contributed by atoms with Crippen molar-refractivity contribution >= 4 is 22.4 Å².